The lowest BCUT2D eigenvalue weighted by Crippen LogP contribution is -2.28. The van der Waals surface area contributed by atoms with Gasteiger partial charge in [0.05, 0.1) is 5.54 Å². The number of hydrogen-bond acceptors (Lipinski definition) is 2. The van der Waals surface area contributed by atoms with Crippen LogP contribution in [-0.2, 0) is 5.60 Å². The molecule has 1 aliphatic heterocycles. The Kier molecular flexibility index (Phi) is 1.96. The number of rotatable bonds is 1. The van der Waals surface area contributed by atoms with Crippen molar-refractivity contribution >= 4 is 6.21 Å². The van der Waals surface area contributed by atoms with E-state index in [1.165, 1.54) is 0 Å². The Morgan fingerprint density at radius 2 is 1.86 bits per heavy atom. The molecule has 0 amide bonds. The van der Waals surface area contributed by atoms with Crippen LogP contribution in [0.5, 0.6) is 0 Å². The molecule has 1 aromatic carbocycles. The van der Waals surface area contributed by atoms with Crippen LogP contribution in [0.1, 0.15) is 25.8 Å². The summed E-state index contributed by atoms with van der Waals surface area (Å²) in [5, 5.41) is 10.3. The average Bonchev–Trinajstić information content (AvgIpc) is 2.44. The van der Waals surface area contributed by atoms with Gasteiger partial charge >= 0.3 is 0 Å². The topological polar surface area (TPSA) is 32.6 Å². The first-order valence-corrected chi connectivity index (χ1v) is 4.86. The SMILES string of the molecule is CC1(C)CC(O)(c2ccccc2)C=N1. The van der Waals surface area contributed by atoms with Crippen LogP contribution < -0.4 is 0 Å². The molecule has 1 atom stereocenters. The molecule has 1 aliphatic rings. The van der Waals surface area contributed by atoms with Gasteiger partial charge < -0.3 is 5.11 Å². The zero-order valence-electron chi connectivity index (χ0n) is 8.57. The minimum atomic E-state index is -0.870. The zero-order valence-corrected chi connectivity index (χ0v) is 8.57. The van der Waals surface area contributed by atoms with Gasteiger partial charge in [0.15, 0.2) is 0 Å². The largest absolute Gasteiger partial charge is 0.379 e. The van der Waals surface area contributed by atoms with Crippen molar-refractivity contribution in [3.63, 3.8) is 0 Å². The predicted octanol–water partition coefficient (Wildman–Crippen LogP) is 2.13. The molecule has 0 bridgehead atoms. The Labute approximate surface area is 84.3 Å². The molecule has 2 rings (SSSR count). The van der Waals surface area contributed by atoms with Crippen molar-refractivity contribution in [3.05, 3.63) is 35.9 Å². The van der Waals surface area contributed by atoms with Crippen molar-refractivity contribution in [3.8, 4) is 0 Å². The number of aliphatic hydroxyl groups is 1. The van der Waals surface area contributed by atoms with Crippen LogP contribution in [0.2, 0.25) is 0 Å². The maximum absolute atomic E-state index is 10.3. The lowest BCUT2D eigenvalue weighted by molar-refractivity contribution is 0.1000. The van der Waals surface area contributed by atoms with E-state index in [-0.39, 0.29) is 5.54 Å². The van der Waals surface area contributed by atoms with Gasteiger partial charge in [-0.2, -0.15) is 0 Å². The van der Waals surface area contributed by atoms with E-state index >= 15 is 0 Å². The van der Waals surface area contributed by atoms with Gasteiger partial charge in [0.25, 0.3) is 0 Å². The molecular formula is C12H15NO. The van der Waals surface area contributed by atoms with Crippen LogP contribution in [-0.4, -0.2) is 16.9 Å². The summed E-state index contributed by atoms with van der Waals surface area (Å²) < 4.78 is 0. The maximum Gasteiger partial charge on any atom is 0.126 e. The van der Waals surface area contributed by atoms with Crippen molar-refractivity contribution in [2.24, 2.45) is 4.99 Å². The van der Waals surface area contributed by atoms with Crippen molar-refractivity contribution in [1.82, 2.24) is 0 Å². The molecule has 1 heterocycles. The second-order valence-corrected chi connectivity index (χ2v) is 4.54. The fraction of sp³-hybridized carbons (Fsp3) is 0.417. The Morgan fingerprint density at radius 3 is 2.36 bits per heavy atom. The predicted molar refractivity (Wildman–Crippen MR) is 57.5 cm³/mol. The third-order valence-corrected chi connectivity index (χ3v) is 2.60. The molecule has 0 saturated carbocycles. The van der Waals surface area contributed by atoms with Gasteiger partial charge in [-0.25, -0.2) is 0 Å². The van der Waals surface area contributed by atoms with Gasteiger partial charge in [0, 0.05) is 12.6 Å². The Hall–Kier alpha value is -1.15. The molecule has 1 unspecified atom stereocenters. The van der Waals surface area contributed by atoms with Crippen molar-refractivity contribution in [1.29, 1.82) is 0 Å². The molecule has 2 nitrogen and oxygen atoms in total. The highest BCUT2D eigenvalue weighted by Gasteiger charge is 2.39. The van der Waals surface area contributed by atoms with Gasteiger partial charge in [-0.15, -0.1) is 0 Å². The second-order valence-electron chi connectivity index (χ2n) is 4.54. The van der Waals surface area contributed by atoms with Crippen LogP contribution in [0, 0.1) is 0 Å². The maximum atomic E-state index is 10.3. The average molecular weight is 189 g/mol. The summed E-state index contributed by atoms with van der Waals surface area (Å²) in [5.74, 6) is 0. The van der Waals surface area contributed by atoms with E-state index in [2.05, 4.69) is 4.99 Å². The van der Waals surface area contributed by atoms with E-state index < -0.39 is 5.60 Å². The van der Waals surface area contributed by atoms with Crippen molar-refractivity contribution in [2.45, 2.75) is 31.4 Å². The van der Waals surface area contributed by atoms with E-state index in [1.807, 2.05) is 44.2 Å². The van der Waals surface area contributed by atoms with E-state index in [0.717, 1.165) is 5.56 Å². The summed E-state index contributed by atoms with van der Waals surface area (Å²) >= 11 is 0. The smallest absolute Gasteiger partial charge is 0.126 e. The molecule has 14 heavy (non-hydrogen) atoms. The first-order valence-electron chi connectivity index (χ1n) is 4.86. The quantitative estimate of drug-likeness (QED) is 0.721. The molecule has 0 saturated heterocycles. The minimum Gasteiger partial charge on any atom is -0.379 e. The number of hydrogen-bond donors (Lipinski definition) is 1. The summed E-state index contributed by atoms with van der Waals surface area (Å²) in [5.41, 5.74) is -0.0932. The highest BCUT2D eigenvalue weighted by Crippen LogP contribution is 2.36. The van der Waals surface area contributed by atoms with Crippen molar-refractivity contribution < 1.29 is 5.11 Å². The molecule has 0 radical (unpaired) electrons. The Balaban J connectivity index is 2.33. The number of nitrogens with zero attached hydrogens (tertiary/aromatic N) is 1. The summed E-state index contributed by atoms with van der Waals surface area (Å²) in [6.45, 7) is 4.06. The number of aliphatic imine (C=N–C) groups is 1. The van der Waals surface area contributed by atoms with E-state index in [9.17, 15) is 5.11 Å². The Bertz CT molecular complexity index is 356. The Morgan fingerprint density at radius 1 is 1.21 bits per heavy atom. The van der Waals surface area contributed by atoms with Crippen LogP contribution in [0.25, 0.3) is 0 Å². The first kappa shape index (κ1) is 9.41. The van der Waals surface area contributed by atoms with Crippen LogP contribution in [0.4, 0.5) is 0 Å². The number of benzene rings is 1. The van der Waals surface area contributed by atoms with Gasteiger partial charge in [0.1, 0.15) is 5.60 Å². The first-order chi connectivity index (χ1) is 6.52. The summed E-state index contributed by atoms with van der Waals surface area (Å²) in [7, 11) is 0. The highest BCUT2D eigenvalue weighted by molar-refractivity contribution is 5.74. The molecule has 0 spiro atoms. The fourth-order valence-electron chi connectivity index (χ4n) is 1.94. The van der Waals surface area contributed by atoms with Gasteiger partial charge in [-0.3, -0.25) is 4.99 Å². The highest BCUT2D eigenvalue weighted by atomic mass is 16.3. The minimum absolute atomic E-state index is 0.148. The van der Waals surface area contributed by atoms with Crippen LogP contribution in [0.15, 0.2) is 35.3 Å². The van der Waals surface area contributed by atoms with E-state index in [4.69, 9.17) is 0 Å². The molecule has 74 valence electrons. The van der Waals surface area contributed by atoms with Crippen LogP contribution in [0.3, 0.4) is 0 Å². The molecule has 1 aromatic rings. The van der Waals surface area contributed by atoms with E-state index in [0.29, 0.717) is 6.42 Å². The van der Waals surface area contributed by atoms with Crippen molar-refractivity contribution in [2.75, 3.05) is 0 Å². The standard InChI is InChI=1S/C12H15NO/c1-11(2)8-12(14,9-13-11)10-6-4-3-5-7-10/h3-7,9,14H,8H2,1-2H3. The molecule has 1 N–H and O–H groups in total. The fourth-order valence-corrected chi connectivity index (χ4v) is 1.94. The molecule has 2 heteroatoms. The van der Waals surface area contributed by atoms with E-state index in [1.54, 1.807) is 6.21 Å². The van der Waals surface area contributed by atoms with Gasteiger partial charge in [-0.1, -0.05) is 30.3 Å². The molecule has 0 aromatic heterocycles. The summed E-state index contributed by atoms with van der Waals surface area (Å²) in [6.07, 6.45) is 2.33. The van der Waals surface area contributed by atoms with Gasteiger partial charge in [-0.05, 0) is 19.4 Å². The van der Waals surface area contributed by atoms with Crippen LogP contribution >= 0.6 is 0 Å². The molecule has 0 fully saturated rings. The monoisotopic (exact) mass is 189 g/mol. The molecule has 0 aliphatic carbocycles. The normalized spacial score (nSPS) is 29.4. The zero-order chi connectivity index (χ0) is 10.2. The third-order valence-electron chi connectivity index (χ3n) is 2.60. The molecular weight excluding hydrogens is 174 g/mol. The second kappa shape index (κ2) is 2.92. The van der Waals surface area contributed by atoms with Gasteiger partial charge in [0.2, 0.25) is 0 Å². The third kappa shape index (κ3) is 1.58. The summed E-state index contributed by atoms with van der Waals surface area (Å²) in [6, 6.07) is 9.70. The lowest BCUT2D eigenvalue weighted by atomic mass is 9.87. The summed E-state index contributed by atoms with van der Waals surface area (Å²) in [4.78, 5) is 4.32. The lowest BCUT2D eigenvalue weighted by Gasteiger charge is -2.23.